The van der Waals surface area contributed by atoms with Crippen LogP contribution in [0.4, 0.5) is 5.69 Å². The fourth-order valence-corrected chi connectivity index (χ4v) is 5.24. The van der Waals surface area contributed by atoms with Crippen LogP contribution < -0.4 is 10.6 Å². The minimum absolute atomic E-state index is 0.0266. The van der Waals surface area contributed by atoms with E-state index in [9.17, 15) is 14.4 Å². The number of hydrogen-bond acceptors (Lipinski definition) is 4. The summed E-state index contributed by atoms with van der Waals surface area (Å²) in [6.07, 6.45) is 7.68. The van der Waals surface area contributed by atoms with E-state index in [-0.39, 0.29) is 23.6 Å². The van der Waals surface area contributed by atoms with Crippen LogP contribution in [0, 0.1) is 6.92 Å². The van der Waals surface area contributed by atoms with Gasteiger partial charge in [-0.25, -0.2) is 0 Å². The topological polar surface area (TPSA) is 78.5 Å². The lowest BCUT2D eigenvalue weighted by molar-refractivity contribution is -0.130. The number of anilines is 1. The van der Waals surface area contributed by atoms with Gasteiger partial charge in [0.25, 0.3) is 5.91 Å². The minimum Gasteiger partial charge on any atom is -0.376 e. The summed E-state index contributed by atoms with van der Waals surface area (Å²) in [5, 5.41) is 6.39. The van der Waals surface area contributed by atoms with E-state index in [0.29, 0.717) is 42.6 Å². The Labute approximate surface area is 224 Å². The first-order valence-corrected chi connectivity index (χ1v) is 13.4. The van der Waals surface area contributed by atoms with Gasteiger partial charge in [0.05, 0.1) is 11.7 Å². The number of nitrogens with one attached hydrogen (secondary N) is 2. The molecule has 196 valence electrons. The highest BCUT2D eigenvalue weighted by Gasteiger charge is 2.31. The number of rotatable bonds is 8. The van der Waals surface area contributed by atoms with Crippen molar-refractivity contribution in [3.8, 4) is 0 Å². The predicted octanol–water partition coefficient (Wildman–Crippen LogP) is 5.47. The number of carbonyl (C=O) groups excluding carboxylic acids is 3. The van der Waals surface area contributed by atoms with E-state index in [1.54, 1.807) is 4.90 Å². The normalized spacial score (nSPS) is 17.5. The maximum absolute atomic E-state index is 13.3. The van der Waals surface area contributed by atoms with E-state index in [1.165, 1.54) is 11.6 Å². The lowest BCUT2D eigenvalue weighted by Crippen LogP contribution is -2.59. The van der Waals surface area contributed by atoms with Gasteiger partial charge in [0.1, 0.15) is 0 Å². The van der Waals surface area contributed by atoms with Crippen LogP contribution in [-0.4, -0.2) is 41.6 Å². The summed E-state index contributed by atoms with van der Waals surface area (Å²) in [4.78, 5) is 39.4. The van der Waals surface area contributed by atoms with Crippen LogP contribution in [0.5, 0.6) is 0 Å². The highest BCUT2D eigenvalue weighted by molar-refractivity contribution is 6.06. The molecule has 38 heavy (non-hydrogen) atoms. The van der Waals surface area contributed by atoms with E-state index in [1.807, 2.05) is 36.4 Å². The maximum atomic E-state index is 13.3. The molecule has 0 aromatic heterocycles. The average molecular weight is 510 g/mol. The summed E-state index contributed by atoms with van der Waals surface area (Å²) in [7, 11) is 0. The summed E-state index contributed by atoms with van der Waals surface area (Å²) in [6.45, 7) is 11.0. The summed E-state index contributed by atoms with van der Waals surface area (Å²) in [5.74, 6) is 0.699. The molecule has 2 fully saturated rings. The molecule has 2 aliphatic carbocycles. The van der Waals surface area contributed by atoms with E-state index < -0.39 is 0 Å². The zero-order valence-corrected chi connectivity index (χ0v) is 22.3. The van der Waals surface area contributed by atoms with E-state index >= 15 is 0 Å². The summed E-state index contributed by atoms with van der Waals surface area (Å²) in [5.41, 5.74) is 7.43. The maximum Gasteiger partial charge on any atom is 0.255 e. The molecule has 0 unspecified atom stereocenters. The Morgan fingerprint density at radius 2 is 1.87 bits per heavy atom. The molecule has 5 rings (SSSR count). The second-order valence-electron chi connectivity index (χ2n) is 10.9. The van der Waals surface area contributed by atoms with Crippen LogP contribution in [0.1, 0.15) is 77.6 Å². The number of benzene rings is 2. The van der Waals surface area contributed by atoms with Gasteiger partial charge in [0.2, 0.25) is 5.91 Å². The van der Waals surface area contributed by atoms with Crippen LogP contribution in [0.3, 0.4) is 0 Å². The quantitative estimate of drug-likeness (QED) is 0.462. The molecule has 0 spiro atoms. The van der Waals surface area contributed by atoms with E-state index in [4.69, 9.17) is 0 Å². The molecule has 1 aliphatic heterocycles. The van der Waals surface area contributed by atoms with Crippen molar-refractivity contribution in [3.05, 3.63) is 94.7 Å². The lowest BCUT2D eigenvalue weighted by Gasteiger charge is -2.40. The Morgan fingerprint density at radius 3 is 2.53 bits per heavy atom. The molecule has 1 heterocycles. The second-order valence-corrected chi connectivity index (χ2v) is 10.9. The first-order chi connectivity index (χ1) is 18.2. The number of amides is 2. The fraction of sp³-hybridized carbons (Fsp3) is 0.344. The second kappa shape index (κ2) is 10.4. The number of hydrogen-bond donors (Lipinski definition) is 2. The van der Waals surface area contributed by atoms with Crippen LogP contribution in [0.25, 0.3) is 5.57 Å². The van der Waals surface area contributed by atoms with Crippen molar-refractivity contribution in [1.29, 1.82) is 0 Å². The number of likely N-dealkylation sites (tertiary alicyclic amines) is 1. The minimum atomic E-state index is -0.137. The number of aryl methyl sites for hydroxylation is 1. The molecule has 6 heteroatoms. The zero-order valence-electron chi connectivity index (χ0n) is 22.3. The Balaban J connectivity index is 1.36. The Bertz CT molecular complexity index is 1370. The molecule has 3 aliphatic rings. The smallest absolute Gasteiger partial charge is 0.255 e. The van der Waals surface area contributed by atoms with Gasteiger partial charge < -0.3 is 15.5 Å². The SMILES string of the molecule is C=CC(=O)N1CC(NC2=CC(c3cc(C(=O)Nc4ccc(C(C)C)c(C)c4)cc(C4CC4)c3)=CCC2=O)C1. The number of Topliss-reactive ketones (excluding diaryl/α,β-unsaturated/α-hetero) is 1. The van der Waals surface area contributed by atoms with Crippen LogP contribution in [0.15, 0.2) is 66.9 Å². The molecule has 0 bridgehead atoms. The van der Waals surface area contributed by atoms with Gasteiger partial charge in [-0.1, -0.05) is 38.6 Å². The van der Waals surface area contributed by atoms with Crippen LogP contribution in [0.2, 0.25) is 0 Å². The molecule has 0 radical (unpaired) electrons. The Kier molecular flexibility index (Phi) is 7.06. The van der Waals surface area contributed by atoms with Crippen molar-refractivity contribution in [3.63, 3.8) is 0 Å². The lowest BCUT2D eigenvalue weighted by atomic mass is 9.92. The average Bonchev–Trinajstić information content (AvgIpc) is 3.72. The molecular formula is C32H35N3O3. The number of carbonyl (C=O) groups is 3. The van der Waals surface area contributed by atoms with E-state index in [0.717, 1.165) is 40.8 Å². The largest absolute Gasteiger partial charge is 0.376 e. The van der Waals surface area contributed by atoms with Crippen LogP contribution >= 0.6 is 0 Å². The van der Waals surface area contributed by atoms with Gasteiger partial charge in [0, 0.05) is 30.8 Å². The number of ketones is 1. The summed E-state index contributed by atoms with van der Waals surface area (Å²) < 4.78 is 0. The molecule has 1 saturated carbocycles. The van der Waals surface area contributed by atoms with Gasteiger partial charge in [-0.2, -0.15) is 0 Å². The van der Waals surface area contributed by atoms with Crippen molar-refractivity contribution >= 4 is 28.9 Å². The van der Waals surface area contributed by atoms with Gasteiger partial charge >= 0.3 is 0 Å². The molecule has 2 N–H and O–H groups in total. The van der Waals surface area contributed by atoms with E-state index in [2.05, 4.69) is 50.1 Å². The standard InChI is InChI=1S/C32H35N3O3/c1-5-31(37)35-17-27(18-35)33-29-16-22(8-11-30(29)36)24-13-23(21-6-7-21)14-25(15-24)32(38)34-26-9-10-28(19(2)3)20(4)12-26/h5,8-10,12-16,19,21,27,33H,1,6-7,11,17-18H2,2-4H3,(H,34,38). The predicted molar refractivity (Wildman–Crippen MR) is 151 cm³/mol. The van der Waals surface area contributed by atoms with Gasteiger partial charge in [-0.15, -0.1) is 0 Å². The molecule has 2 amide bonds. The zero-order chi connectivity index (χ0) is 27.0. The van der Waals surface area contributed by atoms with Crippen molar-refractivity contribution in [2.24, 2.45) is 0 Å². The Morgan fingerprint density at radius 1 is 1.11 bits per heavy atom. The molecule has 1 saturated heterocycles. The van der Waals surface area contributed by atoms with Gasteiger partial charge in [-0.3, -0.25) is 14.4 Å². The van der Waals surface area contributed by atoms with Crippen molar-refractivity contribution in [1.82, 2.24) is 10.2 Å². The molecule has 2 aromatic rings. The molecule has 0 atom stereocenters. The number of allylic oxidation sites excluding steroid dienone is 4. The molecule has 6 nitrogen and oxygen atoms in total. The van der Waals surface area contributed by atoms with Gasteiger partial charge in [-0.05, 0) is 95.8 Å². The third kappa shape index (κ3) is 5.49. The first-order valence-electron chi connectivity index (χ1n) is 13.4. The summed E-state index contributed by atoms with van der Waals surface area (Å²) >= 11 is 0. The van der Waals surface area contributed by atoms with Crippen molar-refractivity contribution < 1.29 is 14.4 Å². The van der Waals surface area contributed by atoms with Gasteiger partial charge in [0.15, 0.2) is 5.78 Å². The van der Waals surface area contributed by atoms with Crippen molar-refractivity contribution in [2.45, 2.75) is 57.9 Å². The first kappa shape index (κ1) is 25.7. The highest BCUT2D eigenvalue weighted by atomic mass is 16.2. The fourth-order valence-electron chi connectivity index (χ4n) is 5.24. The number of nitrogens with zero attached hydrogens (tertiary/aromatic N) is 1. The molecular weight excluding hydrogens is 474 g/mol. The van der Waals surface area contributed by atoms with Crippen molar-refractivity contribution in [2.75, 3.05) is 18.4 Å². The van der Waals surface area contributed by atoms with Crippen LogP contribution in [-0.2, 0) is 9.59 Å². The summed E-state index contributed by atoms with van der Waals surface area (Å²) in [6, 6.07) is 12.2. The Hall–Kier alpha value is -3.93. The monoisotopic (exact) mass is 509 g/mol. The molecule has 2 aromatic carbocycles. The third-order valence-corrected chi connectivity index (χ3v) is 7.58. The third-order valence-electron chi connectivity index (χ3n) is 7.58. The highest BCUT2D eigenvalue weighted by Crippen LogP contribution is 2.41.